The van der Waals surface area contributed by atoms with Crippen LogP contribution in [0.25, 0.3) is 0 Å². The predicted octanol–water partition coefficient (Wildman–Crippen LogP) is 4.10. The van der Waals surface area contributed by atoms with Crippen molar-refractivity contribution in [2.45, 2.75) is 40.5 Å². The third kappa shape index (κ3) is 3.70. The highest BCUT2D eigenvalue weighted by atomic mass is 16.5. The Morgan fingerprint density at radius 3 is 2.65 bits per heavy atom. The molecule has 1 aromatic heterocycles. The van der Waals surface area contributed by atoms with E-state index in [4.69, 9.17) is 4.74 Å². The van der Waals surface area contributed by atoms with Gasteiger partial charge in [0.2, 0.25) is 0 Å². The Kier molecular flexibility index (Phi) is 5.37. The number of aromatic nitrogens is 2. The van der Waals surface area contributed by atoms with E-state index in [2.05, 4.69) is 11.7 Å². The van der Waals surface area contributed by atoms with Crippen LogP contribution in [0.5, 0.6) is 5.75 Å². The minimum Gasteiger partial charge on any atom is -0.493 e. The van der Waals surface area contributed by atoms with E-state index in [1.807, 2.05) is 45.9 Å². The second-order valence-electron chi connectivity index (χ2n) is 5.84. The third-order valence-electron chi connectivity index (χ3n) is 3.69. The van der Waals surface area contributed by atoms with Crippen LogP contribution in [0.4, 0.5) is 0 Å². The summed E-state index contributed by atoms with van der Waals surface area (Å²) >= 11 is 0. The first-order valence-corrected chi connectivity index (χ1v) is 7.91. The predicted molar refractivity (Wildman–Crippen MR) is 92.2 cm³/mol. The van der Waals surface area contributed by atoms with Crippen LogP contribution in [0.2, 0.25) is 0 Å². The Balaban J connectivity index is 2.40. The van der Waals surface area contributed by atoms with Gasteiger partial charge in [0.1, 0.15) is 5.75 Å². The summed E-state index contributed by atoms with van der Waals surface area (Å²) in [5, 5.41) is 4.43. The SMILES string of the molecule is C=C(C)Cc1c(C)nn(C(=O)c2ccccc2OCCC)c1C. The largest absolute Gasteiger partial charge is 0.493 e. The molecule has 2 rings (SSSR count). The Hall–Kier alpha value is -2.36. The van der Waals surface area contributed by atoms with E-state index in [9.17, 15) is 4.79 Å². The van der Waals surface area contributed by atoms with Crippen molar-refractivity contribution in [1.82, 2.24) is 9.78 Å². The first-order valence-electron chi connectivity index (χ1n) is 7.91. The first-order chi connectivity index (χ1) is 11.0. The fraction of sp³-hybridized carbons (Fsp3) is 0.368. The van der Waals surface area contributed by atoms with E-state index in [0.29, 0.717) is 17.9 Å². The Labute approximate surface area is 137 Å². The number of hydrogen-bond donors (Lipinski definition) is 0. The molecule has 0 aliphatic carbocycles. The Morgan fingerprint density at radius 1 is 1.30 bits per heavy atom. The number of hydrogen-bond acceptors (Lipinski definition) is 3. The molecule has 0 saturated carbocycles. The van der Waals surface area contributed by atoms with Gasteiger partial charge in [-0.2, -0.15) is 5.10 Å². The van der Waals surface area contributed by atoms with E-state index >= 15 is 0 Å². The number of carbonyl (C=O) groups is 1. The molecule has 23 heavy (non-hydrogen) atoms. The maximum absolute atomic E-state index is 12.9. The second kappa shape index (κ2) is 7.27. The van der Waals surface area contributed by atoms with Crippen molar-refractivity contribution in [2.24, 2.45) is 0 Å². The fourth-order valence-electron chi connectivity index (χ4n) is 2.53. The van der Waals surface area contributed by atoms with E-state index in [0.717, 1.165) is 35.4 Å². The zero-order valence-electron chi connectivity index (χ0n) is 14.3. The van der Waals surface area contributed by atoms with Crippen LogP contribution in [0.15, 0.2) is 36.4 Å². The van der Waals surface area contributed by atoms with Crippen molar-refractivity contribution < 1.29 is 9.53 Å². The molecule has 0 aliphatic rings. The Bertz CT molecular complexity index is 729. The second-order valence-corrected chi connectivity index (χ2v) is 5.84. The van der Waals surface area contributed by atoms with Gasteiger partial charge in [0.25, 0.3) is 5.91 Å². The molecule has 0 spiro atoms. The van der Waals surface area contributed by atoms with Crippen molar-refractivity contribution in [2.75, 3.05) is 6.61 Å². The van der Waals surface area contributed by atoms with Gasteiger partial charge in [-0.15, -0.1) is 0 Å². The Morgan fingerprint density at radius 2 is 2.00 bits per heavy atom. The van der Waals surface area contributed by atoms with Gasteiger partial charge in [0.15, 0.2) is 0 Å². The van der Waals surface area contributed by atoms with Crippen LogP contribution >= 0.6 is 0 Å². The molecule has 4 nitrogen and oxygen atoms in total. The van der Waals surface area contributed by atoms with Crippen molar-refractivity contribution >= 4 is 5.91 Å². The molecule has 4 heteroatoms. The standard InChI is InChI=1S/C19H24N2O2/c1-6-11-23-18-10-8-7-9-16(18)19(22)21-15(5)17(12-13(2)3)14(4)20-21/h7-10H,2,6,11-12H2,1,3-5H3. The van der Waals surface area contributed by atoms with Gasteiger partial charge < -0.3 is 4.74 Å². The van der Waals surface area contributed by atoms with Crippen molar-refractivity contribution in [3.8, 4) is 5.75 Å². The van der Waals surface area contributed by atoms with E-state index in [1.54, 1.807) is 6.07 Å². The normalized spacial score (nSPS) is 10.6. The van der Waals surface area contributed by atoms with E-state index in [-0.39, 0.29) is 5.91 Å². The molecular formula is C19H24N2O2. The van der Waals surface area contributed by atoms with Gasteiger partial charge in [-0.3, -0.25) is 4.79 Å². The average molecular weight is 312 g/mol. The monoisotopic (exact) mass is 312 g/mol. The van der Waals surface area contributed by atoms with Crippen LogP contribution in [0, 0.1) is 13.8 Å². The fourth-order valence-corrected chi connectivity index (χ4v) is 2.53. The number of nitrogens with zero attached hydrogens (tertiary/aromatic N) is 2. The zero-order valence-corrected chi connectivity index (χ0v) is 14.3. The molecule has 0 bridgehead atoms. The van der Waals surface area contributed by atoms with Crippen LogP contribution in [0.3, 0.4) is 0 Å². The van der Waals surface area contributed by atoms with Gasteiger partial charge in [0, 0.05) is 11.3 Å². The molecule has 0 fully saturated rings. The molecule has 1 aromatic carbocycles. The minimum absolute atomic E-state index is 0.162. The number of carbonyl (C=O) groups excluding carboxylic acids is 1. The summed E-state index contributed by atoms with van der Waals surface area (Å²) in [7, 11) is 0. The molecule has 0 aliphatic heterocycles. The van der Waals surface area contributed by atoms with Crippen molar-refractivity contribution in [3.63, 3.8) is 0 Å². The molecule has 2 aromatic rings. The van der Waals surface area contributed by atoms with Gasteiger partial charge in [-0.05, 0) is 45.7 Å². The quantitative estimate of drug-likeness (QED) is 0.754. The van der Waals surface area contributed by atoms with Crippen LogP contribution in [0.1, 0.15) is 47.6 Å². The summed E-state index contributed by atoms with van der Waals surface area (Å²) in [6.07, 6.45) is 1.63. The molecule has 0 N–H and O–H groups in total. The van der Waals surface area contributed by atoms with Gasteiger partial charge >= 0.3 is 0 Å². The lowest BCUT2D eigenvalue weighted by Crippen LogP contribution is -2.17. The first kappa shape index (κ1) is 17.0. The highest BCUT2D eigenvalue weighted by Crippen LogP contribution is 2.22. The number of aryl methyl sites for hydroxylation is 1. The molecule has 0 unspecified atom stereocenters. The van der Waals surface area contributed by atoms with Gasteiger partial charge in [-0.1, -0.05) is 31.2 Å². The topological polar surface area (TPSA) is 44.1 Å². The molecule has 0 amide bonds. The van der Waals surface area contributed by atoms with Crippen LogP contribution in [-0.4, -0.2) is 22.3 Å². The van der Waals surface area contributed by atoms with Crippen LogP contribution < -0.4 is 4.74 Å². The molecular weight excluding hydrogens is 288 g/mol. The summed E-state index contributed by atoms with van der Waals surface area (Å²) < 4.78 is 7.17. The summed E-state index contributed by atoms with van der Waals surface area (Å²) in [5.41, 5.74) is 4.38. The van der Waals surface area contributed by atoms with Crippen molar-refractivity contribution in [1.29, 1.82) is 0 Å². The summed E-state index contributed by atoms with van der Waals surface area (Å²) in [6, 6.07) is 7.31. The number of rotatable bonds is 6. The average Bonchev–Trinajstić information content (AvgIpc) is 2.80. The highest BCUT2D eigenvalue weighted by molar-refractivity contribution is 5.98. The number of allylic oxidation sites excluding steroid dienone is 1. The lowest BCUT2D eigenvalue weighted by molar-refractivity contribution is 0.0938. The lowest BCUT2D eigenvalue weighted by atomic mass is 10.1. The summed E-state index contributed by atoms with van der Waals surface area (Å²) in [6.45, 7) is 12.4. The zero-order chi connectivity index (χ0) is 17.0. The number of para-hydroxylation sites is 1. The number of ether oxygens (including phenoxy) is 1. The minimum atomic E-state index is -0.162. The molecule has 0 saturated heterocycles. The number of benzene rings is 1. The summed E-state index contributed by atoms with van der Waals surface area (Å²) in [5.74, 6) is 0.443. The smallest absolute Gasteiger partial charge is 0.282 e. The third-order valence-corrected chi connectivity index (χ3v) is 3.69. The maximum atomic E-state index is 12.9. The van der Waals surface area contributed by atoms with E-state index in [1.165, 1.54) is 4.68 Å². The molecule has 122 valence electrons. The highest BCUT2D eigenvalue weighted by Gasteiger charge is 2.20. The molecule has 1 heterocycles. The molecule has 0 radical (unpaired) electrons. The maximum Gasteiger partial charge on any atom is 0.282 e. The van der Waals surface area contributed by atoms with Gasteiger partial charge in [-0.25, -0.2) is 4.68 Å². The lowest BCUT2D eigenvalue weighted by Gasteiger charge is -2.10. The van der Waals surface area contributed by atoms with Crippen molar-refractivity contribution in [3.05, 3.63) is 58.9 Å². The van der Waals surface area contributed by atoms with Crippen LogP contribution in [-0.2, 0) is 6.42 Å². The van der Waals surface area contributed by atoms with Gasteiger partial charge in [0.05, 0.1) is 17.9 Å². The molecule has 0 atom stereocenters. The summed E-state index contributed by atoms with van der Waals surface area (Å²) in [4.78, 5) is 12.9. The van der Waals surface area contributed by atoms with E-state index < -0.39 is 0 Å².